The van der Waals surface area contributed by atoms with Gasteiger partial charge in [-0.05, 0) is 51.1 Å². The fourth-order valence-electron chi connectivity index (χ4n) is 2.93. The van der Waals surface area contributed by atoms with Gasteiger partial charge in [0.2, 0.25) is 0 Å². The molecule has 0 aromatic rings. The fraction of sp³-hybridized carbons (Fsp3) is 1.00. The molecule has 3 atom stereocenters. The summed E-state index contributed by atoms with van der Waals surface area (Å²) in [5.41, 5.74) is 0.352. The lowest BCUT2D eigenvalue weighted by molar-refractivity contribution is 0.0700. The van der Waals surface area contributed by atoms with Gasteiger partial charge < -0.3 is 10.2 Å². The maximum absolute atomic E-state index is 3.57. The van der Waals surface area contributed by atoms with E-state index in [1.807, 2.05) is 0 Å². The number of nitrogens with one attached hydrogen (secondary N) is 1. The van der Waals surface area contributed by atoms with Gasteiger partial charge in [0.15, 0.2) is 0 Å². The first-order valence-electron chi connectivity index (χ1n) is 7.34. The normalized spacial score (nSPS) is 29.3. The maximum atomic E-state index is 3.57. The largest absolute Gasteiger partial charge is 0.314 e. The fourth-order valence-corrected chi connectivity index (χ4v) is 2.93. The van der Waals surface area contributed by atoms with Crippen molar-refractivity contribution < 1.29 is 0 Å². The number of rotatable bonds is 5. The van der Waals surface area contributed by atoms with Crippen LogP contribution in [0.25, 0.3) is 0 Å². The zero-order chi connectivity index (χ0) is 13.1. The summed E-state index contributed by atoms with van der Waals surface area (Å²) >= 11 is 0. The number of piperidine rings is 1. The van der Waals surface area contributed by atoms with Crippen LogP contribution < -0.4 is 5.32 Å². The van der Waals surface area contributed by atoms with Crippen LogP contribution in [0.5, 0.6) is 0 Å². The predicted octanol–water partition coefficient (Wildman–Crippen LogP) is 3.13. The van der Waals surface area contributed by atoms with Gasteiger partial charge in [0, 0.05) is 18.6 Å². The third-order valence-electron chi connectivity index (χ3n) is 4.57. The third-order valence-corrected chi connectivity index (χ3v) is 4.57. The molecule has 0 amide bonds. The van der Waals surface area contributed by atoms with E-state index in [1.165, 1.54) is 25.9 Å². The highest BCUT2D eigenvalue weighted by molar-refractivity contribution is 4.87. The van der Waals surface area contributed by atoms with Crippen molar-refractivity contribution in [3.63, 3.8) is 0 Å². The monoisotopic (exact) mass is 240 g/mol. The molecule has 1 saturated heterocycles. The van der Waals surface area contributed by atoms with Crippen LogP contribution >= 0.6 is 0 Å². The smallest absolute Gasteiger partial charge is 0.0102 e. The molecule has 0 aliphatic carbocycles. The molecule has 1 aliphatic rings. The lowest BCUT2D eigenvalue weighted by atomic mass is 9.82. The molecule has 1 fully saturated rings. The lowest BCUT2D eigenvalue weighted by Crippen LogP contribution is -2.51. The van der Waals surface area contributed by atoms with Crippen LogP contribution in [0.4, 0.5) is 0 Å². The number of likely N-dealkylation sites (tertiary alicyclic amines) is 1. The van der Waals surface area contributed by atoms with E-state index < -0.39 is 0 Å². The highest BCUT2D eigenvalue weighted by atomic mass is 15.2. The Hall–Kier alpha value is -0.0800. The first-order chi connectivity index (χ1) is 7.86. The number of hydrogen-bond acceptors (Lipinski definition) is 2. The van der Waals surface area contributed by atoms with Crippen LogP contribution in [0.1, 0.15) is 54.4 Å². The molecule has 1 N–H and O–H groups in total. The molecule has 2 heteroatoms. The molecular weight excluding hydrogens is 208 g/mol. The van der Waals surface area contributed by atoms with Crippen LogP contribution in [0.2, 0.25) is 0 Å². The minimum absolute atomic E-state index is 0.352. The van der Waals surface area contributed by atoms with Crippen LogP contribution in [0.3, 0.4) is 0 Å². The van der Waals surface area contributed by atoms with E-state index in [2.05, 4.69) is 51.8 Å². The minimum Gasteiger partial charge on any atom is -0.314 e. The molecule has 2 nitrogen and oxygen atoms in total. The number of nitrogens with zero attached hydrogens (tertiary/aromatic N) is 1. The average molecular weight is 240 g/mol. The summed E-state index contributed by atoms with van der Waals surface area (Å²) in [6, 6.07) is 1.34. The lowest BCUT2D eigenvalue weighted by Gasteiger charge is -2.43. The Morgan fingerprint density at radius 1 is 1.35 bits per heavy atom. The van der Waals surface area contributed by atoms with Gasteiger partial charge in [0.05, 0.1) is 0 Å². The molecule has 1 rings (SSSR count). The van der Waals surface area contributed by atoms with E-state index in [0.29, 0.717) is 11.5 Å². The van der Waals surface area contributed by atoms with Gasteiger partial charge in [-0.15, -0.1) is 0 Å². The Kier molecular flexibility index (Phi) is 5.46. The van der Waals surface area contributed by atoms with Gasteiger partial charge in [0.25, 0.3) is 0 Å². The van der Waals surface area contributed by atoms with Crippen molar-refractivity contribution in [2.75, 3.05) is 19.6 Å². The Morgan fingerprint density at radius 2 is 2.00 bits per heavy atom. The second-order valence-electron chi connectivity index (χ2n) is 6.72. The zero-order valence-corrected chi connectivity index (χ0v) is 12.7. The van der Waals surface area contributed by atoms with Crippen molar-refractivity contribution >= 4 is 0 Å². The Labute approximate surface area is 108 Å². The van der Waals surface area contributed by atoms with Crippen LogP contribution in [-0.2, 0) is 0 Å². The molecule has 0 radical (unpaired) electrons. The van der Waals surface area contributed by atoms with E-state index in [0.717, 1.165) is 18.5 Å². The first kappa shape index (κ1) is 15.0. The van der Waals surface area contributed by atoms with Crippen LogP contribution in [0.15, 0.2) is 0 Å². The molecule has 3 unspecified atom stereocenters. The topological polar surface area (TPSA) is 15.3 Å². The Bertz CT molecular complexity index is 225. The summed E-state index contributed by atoms with van der Waals surface area (Å²) in [7, 11) is 0. The summed E-state index contributed by atoms with van der Waals surface area (Å²) in [4.78, 5) is 2.69. The molecule has 0 spiro atoms. The molecule has 1 aliphatic heterocycles. The molecule has 17 heavy (non-hydrogen) atoms. The average Bonchev–Trinajstić information content (AvgIpc) is 2.22. The van der Waals surface area contributed by atoms with E-state index in [1.54, 1.807) is 0 Å². The molecule has 1 heterocycles. The van der Waals surface area contributed by atoms with Gasteiger partial charge in [-0.25, -0.2) is 0 Å². The van der Waals surface area contributed by atoms with Gasteiger partial charge in [-0.3, -0.25) is 0 Å². The van der Waals surface area contributed by atoms with E-state index in [4.69, 9.17) is 0 Å². The molecule has 0 aromatic heterocycles. The second-order valence-corrected chi connectivity index (χ2v) is 6.72. The molecular formula is C15H32N2. The Balaban J connectivity index is 2.51. The van der Waals surface area contributed by atoms with Crippen molar-refractivity contribution in [2.24, 2.45) is 11.3 Å². The van der Waals surface area contributed by atoms with Crippen LogP contribution in [0, 0.1) is 11.3 Å². The molecule has 0 bridgehead atoms. The van der Waals surface area contributed by atoms with E-state index >= 15 is 0 Å². The highest BCUT2D eigenvalue weighted by Crippen LogP contribution is 2.28. The van der Waals surface area contributed by atoms with Gasteiger partial charge in [0.1, 0.15) is 0 Å². The second kappa shape index (κ2) is 6.19. The van der Waals surface area contributed by atoms with Crippen molar-refractivity contribution in [3.05, 3.63) is 0 Å². The quantitative estimate of drug-likeness (QED) is 0.794. The Morgan fingerprint density at radius 3 is 2.53 bits per heavy atom. The maximum Gasteiger partial charge on any atom is 0.0102 e. The minimum atomic E-state index is 0.352. The summed E-state index contributed by atoms with van der Waals surface area (Å²) in [5, 5.41) is 3.57. The summed E-state index contributed by atoms with van der Waals surface area (Å²) in [6.45, 7) is 17.6. The van der Waals surface area contributed by atoms with Crippen molar-refractivity contribution in [1.29, 1.82) is 0 Å². The van der Waals surface area contributed by atoms with Gasteiger partial charge in [-0.2, -0.15) is 0 Å². The molecule has 0 saturated carbocycles. The highest BCUT2D eigenvalue weighted by Gasteiger charge is 2.31. The van der Waals surface area contributed by atoms with Crippen molar-refractivity contribution in [2.45, 2.75) is 66.5 Å². The van der Waals surface area contributed by atoms with Gasteiger partial charge >= 0.3 is 0 Å². The first-order valence-corrected chi connectivity index (χ1v) is 7.34. The van der Waals surface area contributed by atoms with E-state index in [-0.39, 0.29) is 0 Å². The van der Waals surface area contributed by atoms with E-state index in [9.17, 15) is 0 Å². The van der Waals surface area contributed by atoms with Crippen molar-refractivity contribution in [3.8, 4) is 0 Å². The third kappa shape index (κ3) is 4.26. The van der Waals surface area contributed by atoms with Crippen molar-refractivity contribution in [1.82, 2.24) is 10.2 Å². The summed E-state index contributed by atoms with van der Waals surface area (Å²) in [6.07, 6.45) is 2.74. The predicted molar refractivity (Wildman–Crippen MR) is 76.4 cm³/mol. The van der Waals surface area contributed by atoms with Crippen LogP contribution in [-0.4, -0.2) is 36.6 Å². The SMILES string of the molecule is CCNC(C)C(C)(C)CN1CCC(C)CC1C. The standard InChI is InChI=1S/C15H32N2/c1-7-16-14(4)15(5,6)11-17-9-8-12(2)10-13(17)3/h12-14,16H,7-11H2,1-6H3. The number of hydrogen-bond donors (Lipinski definition) is 1. The summed E-state index contributed by atoms with van der Waals surface area (Å²) in [5.74, 6) is 0.913. The van der Waals surface area contributed by atoms with Gasteiger partial charge in [-0.1, -0.05) is 27.7 Å². The zero-order valence-electron chi connectivity index (χ0n) is 12.7. The molecule has 0 aromatic carbocycles. The summed E-state index contributed by atoms with van der Waals surface area (Å²) < 4.78 is 0. The molecule has 102 valence electrons.